The SMILES string of the molecule is Cn1cnnc1CC1(c2cccc(C3N(C(N)=O)c4ncccc4C34CCNCC4)c2)COC1. The predicted molar refractivity (Wildman–Crippen MR) is 126 cm³/mol. The Labute approximate surface area is 198 Å². The number of nitrogens with two attached hydrogens (primary N) is 1. The van der Waals surface area contributed by atoms with E-state index in [9.17, 15) is 4.79 Å². The van der Waals surface area contributed by atoms with Gasteiger partial charge in [0, 0.05) is 36.1 Å². The van der Waals surface area contributed by atoms with Crippen molar-refractivity contribution >= 4 is 11.8 Å². The highest BCUT2D eigenvalue weighted by Crippen LogP contribution is 2.56. The number of amides is 2. The molecule has 0 radical (unpaired) electrons. The third kappa shape index (κ3) is 3.07. The maximum absolute atomic E-state index is 12.8. The fourth-order valence-corrected chi connectivity index (χ4v) is 6.14. The molecule has 0 aliphatic carbocycles. The number of urea groups is 1. The topological polar surface area (TPSA) is 111 Å². The van der Waals surface area contributed by atoms with Gasteiger partial charge >= 0.3 is 6.03 Å². The molecule has 1 atom stereocenters. The van der Waals surface area contributed by atoms with Crippen molar-refractivity contribution in [3.8, 4) is 0 Å². The molecule has 2 saturated heterocycles. The lowest BCUT2D eigenvalue weighted by atomic mass is 9.67. The Morgan fingerprint density at radius 1 is 1.24 bits per heavy atom. The van der Waals surface area contributed by atoms with Crippen molar-refractivity contribution in [1.29, 1.82) is 0 Å². The largest absolute Gasteiger partial charge is 0.379 e. The summed E-state index contributed by atoms with van der Waals surface area (Å²) in [7, 11) is 1.97. The second kappa shape index (κ2) is 7.89. The molecule has 9 heteroatoms. The number of carbonyl (C=O) groups is 1. The van der Waals surface area contributed by atoms with Crippen LogP contribution in [0.4, 0.5) is 10.6 Å². The molecule has 1 unspecified atom stereocenters. The molecule has 34 heavy (non-hydrogen) atoms. The Balaban J connectivity index is 1.46. The van der Waals surface area contributed by atoms with Gasteiger partial charge in [-0.2, -0.15) is 0 Å². The van der Waals surface area contributed by atoms with E-state index in [1.54, 1.807) is 17.4 Å². The van der Waals surface area contributed by atoms with E-state index in [4.69, 9.17) is 10.5 Å². The highest BCUT2D eigenvalue weighted by atomic mass is 16.5. The molecule has 3 aromatic rings. The smallest absolute Gasteiger partial charge is 0.321 e. The number of nitrogens with zero attached hydrogens (tertiary/aromatic N) is 5. The molecule has 2 aromatic heterocycles. The number of rotatable bonds is 4. The first-order chi connectivity index (χ1) is 16.5. The van der Waals surface area contributed by atoms with E-state index >= 15 is 0 Å². The summed E-state index contributed by atoms with van der Waals surface area (Å²) in [5.74, 6) is 1.62. The summed E-state index contributed by atoms with van der Waals surface area (Å²) in [4.78, 5) is 19.2. The molecular formula is C25H29N7O2. The molecule has 0 saturated carbocycles. The maximum atomic E-state index is 12.8. The van der Waals surface area contributed by atoms with Crippen LogP contribution >= 0.6 is 0 Å². The first-order valence-corrected chi connectivity index (χ1v) is 11.8. The summed E-state index contributed by atoms with van der Waals surface area (Å²) in [6.07, 6.45) is 6.04. The van der Waals surface area contributed by atoms with Gasteiger partial charge in [0.2, 0.25) is 0 Å². The first kappa shape index (κ1) is 21.2. The van der Waals surface area contributed by atoms with Gasteiger partial charge in [-0.05, 0) is 43.1 Å². The molecule has 3 aliphatic rings. The summed E-state index contributed by atoms with van der Waals surface area (Å²) in [5, 5.41) is 11.8. The lowest BCUT2D eigenvalue weighted by molar-refractivity contribution is -0.0611. The Morgan fingerprint density at radius 2 is 2.06 bits per heavy atom. The molecule has 2 amide bonds. The van der Waals surface area contributed by atoms with E-state index in [0.717, 1.165) is 49.3 Å². The predicted octanol–water partition coefficient (Wildman–Crippen LogP) is 1.98. The molecule has 2 fully saturated rings. The molecule has 1 spiro atoms. The maximum Gasteiger partial charge on any atom is 0.321 e. The van der Waals surface area contributed by atoms with Crippen molar-refractivity contribution in [2.24, 2.45) is 12.8 Å². The third-order valence-electron chi connectivity index (χ3n) is 7.94. The number of hydrogen-bond acceptors (Lipinski definition) is 6. The van der Waals surface area contributed by atoms with Crippen LogP contribution in [-0.4, -0.2) is 52.1 Å². The Morgan fingerprint density at radius 3 is 2.74 bits per heavy atom. The van der Waals surface area contributed by atoms with E-state index < -0.39 is 6.03 Å². The van der Waals surface area contributed by atoms with Crippen LogP contribution in [0, 0.1) is 0 Å². The molecule has 9 nitrogen and oxygen atoms in total. The zero-order chi connectivity index (χ0) is 23.3. The van der Waals surface area contributed by atoms with Crippen LogP contribution in [0.15, 0.2) is 48.9 Å². The number of ether oxygens (including phenoxy) is 1. The van der Waals surface area contributed by atoms with Gasteiger partial charge in [0.25, 0.3) is 0 Å². The average molecular weight is 460 g/mol. The van der Waals surface area contributed by atoms with Gasteiger partial charge < -0.3 is 20.4 Å². The van der Waals surface area contributed by atoms with Crippen LogP contribution in [0.3, 0.4) is 0 Å². The summed E-state index contributed by atoms with van der Waals surface area (Å²) in [6, 6.07) is 12.0. The summed E-state index contributed by atoms with van der Waals surface area (Å²) < 4.78 is 7.67. The Hall–Kier alpha value is -3.30. The van der Waals surface area contributed by atoms with Gasteiger partial charge in [-0.15, -0.1) is 10.2 Å². The molecule has 3 N–H and O–H groups in total. The minimum Gasteiger partial charge on any atom is -0.379 e. The number of aryl methyl sites for hydroxylation is 1. The van der Waals surface area contributed by atoms with E-state index in [-0.39, 0.29) is 16.9 Å². The van der Waals surface area contributed by atoms with Crippen molar-refractivity contribution in [3.05, 3.63) is 71.4 Å². The molecule has 176 valence electrons. The molecular weight excluding hydrogens is 430 g/mol. The van der Waals surface area contributed by atoms with Crippen LogP contribution in [0.2, 0.25) is 0 Å². The van der Waals surface area contributed by atoms with Gasteiger partial charge in [-0.3, -0.25) is 4.90 Å². The quantitative estimate of drug-likeness (QED) is 0.617. The number of piperidine rings is 1. The molecule has 1 aromatic carbocycles. The average Bonchev–Trinajstić information content (AvgIpc) is 3.36. The van der Waals surface area contributed by atoms with E-state index in [2.05, 4.69) is 50.8 Å². The zero-order valence-electron chi connectivity index (χ0n) is 19.3. The van der Waals surface area contributed by atoms with Crippen LogP contribution in [-0.2, 0) is 29.0 Å². The number of anilines is 1. The summed E-state index contributed by atoms with van der Waals surface area (Å²) in [5.41, 5.74) is 8.99. The van der Waals surface area contributed by atoms with Gasteiger partial charge in [0.1, 0.15) is 18.0 Å². The van der Waals surface area contributed by atoms with E-state index in [1.165, 1.54) is 5.56 Å². The van der Waals surface area contributed by atoms with E-state index in [1.807, 2.05) is 17.7 Å². The summed E-state index contributed by atoms with van der Waals surface area (Å²) >= 11 is 0. The van der Waals surface area contributed by atoms with Crippen molar-refractivity contribution in [2.45, 2.75) is 36.1 Å². The van der Waals surface area contributed by atoms with Gasteiger partial charge in [-0.25, -0.2) is 9.78 Å². The minimum atomic E-state index is -0.466. The molecule has 0 bridgehead atoms. The lowest BCUT2D eigenvalue weighted by Crippen LogP contribution is -2.50. The number of benzene rings is 1. The number of hydrogen-bond donors (Lipinski definition) is 2. The van der Waals surface area contributed by atoms with Crippen molar-refractivity contribution in [2.75, 3.05) is 31.2 Å². The first-order valence-electron chi connectivity index (χ1n) is 11.8. The fraction of sp³-hybridized carbons (Fsp3) is 0.440. The molecule has 5 heterocycles. The third-order valence-corrected chi connectivity index (χ3v) is 7.94. The number of fused-ring (bicyclic) bond motifs is 2. The number of primary amides is 1. The van der Waals surface area contributed by atoms with Crippen molar-refractivity contribution in [3.63, 3.8) is 0 Å². The number of nitrogens with one attached hydrogen (secondary N) is 1. The number of aromatic nitrogens is 4. The van der Waals surface area contributed by atoms with E-state index in [0.29, 0.717) is 19.0 Å². The highest BCUT2D eigenvalue weighted by Gasteiger charge is 2.54. The van der Waals surface area contributed by atoms with Crippen LogP contribution in [0.5, 0.6) is 0 Å². The standard InChI is InChI=1S/C25H29N7O2/c1-31-16-29-30-20(31)13-24(14-34-15-24)18-5-2-4-17(12-18)21-25(7-10-27-11-8-25)19-6-3-9-28-22(19)32(21)23(26)33/h2-6,9,12,16,21,27H,7-8,10-11,13-15H2,1H3,(H2,26,33). The monoisotopic (exact) mass is 459 g/mol. The fourth-order valence-electron chi connectivity index (χ4n) is 6.14. The lowest BCUT2D eigenvalue weighted by Gasteiger charge is -2.44. The highest BCUT2D eigenvalue weighted by molar-refractivity contribution is 5.94. The minimum absolute atomic E-state index is 0.167. The van der Waals surface area contributed by atoms with Gasteiger partial charge in [-0.1, -0.05) is 30.3 Å². The van der Waals surface area contributed by atoms with Crippen molar-refractivity contribution in [1.82, 2.24) is 25.1 Å². The normalized spacial score (nSPS) is 22.4. The van der Waals surface area contributed by atoms with Crippen LogP contribution < -0.4 is 16.0 Å². The van der Waals surface area contributed by atoms with Crippen LogP contribution in [0.1, 0.15) is 41.4 Å². The van der Waals surface area contributed by atoms with Gasteiger partial charge in [0.15, 0.2) is 0 Å². The number of pyridine rings is 1. The summed E-state index contributed by atoms with van der Waals surface area (Å²) in [6.45, 7) is 3.04. The van der Waals surface area contributed by atoms with Gasteiger partial charge in [0.05, 0.1) is 19.3 Å². The molecule has 3 aliphatic heterocycles. The second-order valence-corrected chi connectivity index (χ2v) is 9.82. The molecule has 6 rings (SSSR count). The van der Waals surface area contributed by atoms with Crippen LogP contribution in [0.25, 0.3) is 0 Å². The Kier molecular flexibility index (Phi) is 4.93. The Bertz CT molecular complexity index is 1230. The number of carbonyl (C=O) groups excluding carboxylic acids is 1. The van der Waals surface area contributed by atoms with Crippen molar-refractivity contribution < 1.29 is 9.53 Å². The zero-order valence-corrected chi connectivity index (χ0v) is 19.3. The second-order valence-electron chi connectivity index (χ2n) is 9.82.